The normalized spacial score (nSPS) is 16.0. The highest BCUT2D eigenvalue weighted by Gasteiger charge is 2.12. The number of carbonyl (C=O) groups excluding carboxylic acids is 1. The maximum Gasteiger partial charge on any atom is 0.208 e. The summed E-state index contributed by atoms with van der Waals surface area (Å²) in [6.45, 7) is 3.31. The largest absolute Gasteiger partial charge is 0.354 e. The minimum absolute atomic E-state index is 0.0313. The second kappa shape index (κ2) is 18.1. The van der Waals surface area contributed by atoms with Crippen LogP contribution >= 0.6 is 0 Å². The van der Waals surface area contributed by atoms with Crippen molar-refractivity contribution in [2.24, 2.45) is 0 Å². The highest BCUT2D eigenvalue weighted by Crippen LogP contribution is 2.14. The van der Waals surface area contributed by atoms with Gasteiger partial charge in [-0.15, -0.1) is 0 Å². The van der Waals surface area contributed by atoms with Gasteiger partial charge in [-0.2, -0.15) is 0 Å². The van der Waals surface area contributed by atoms with E-state index in [4.69, 9.17) is 0 Å². The molecule has 0 saturated heterocycles. The summed E-state index contributed by atoms with van der Waals surface area (Å²) in [5, 5.41) is 2.85. The second-order valence-corrected chi connectivity index (χ2v) is 8.00. The van der Waals surface area contributed by atoms with Crippen LogP contribution in [0.2, 0.25) is 0 Å². The van der Waals surface area contributed by atoms with Gasteiger partial charge in [-0.1, -0.05) is 109 Å². The molecule has 1 amide bonds. The summed E-state index contributed by atoms with van der Waals surface area (Å²) in [4.78, 5) is 12.9. The average Bonchev–Trinajstić information content (AvgIpc) is 2.69. The van der Waals surface area contributed by atoms with E-state index in [2.05, 4.69) is 23.3 Å². The molecule has 3 heteroatoms. The summed E-state index contributed by atoms with van der Waals surface area (Å²) >= 11 is 0. The molecular formula is C24H44N2O. The first-order valence-corrected chi connectivity index (χ1v) is 11.7. The molecule has 1 N–H and O–H groups in total. The zero-order chi connectivity index (χ0) is 19.4. The first-order valence-electron chi connectivity index (χ1n) is 11.7. The Labute approximate surface area is 168 Å². The van der Waals surface area contributed by atoms with Crippen molar-refractivity contribution in [2.45, 2.75) is 116 Å². The Morgan fingerprint density at radius 3 is 1.70 bits per heavy atom. The molecule has 1 heterocycles. The van der Waals surface area contributed by atoms with Gasteiger partial charge in [-0.3, -0.25) is 4.79 Å². The number of allylic oxidation sites excluding steroid dienone is 2. The fourth-order valence-corrected chi connectivity index (χ4v) is 3.81. The molecule has 27 heavy (non-hydrogen) atoms. The van der Waals surface area contributed by atoms with Crippen LogP contribution < -0.4 is 5.32 Å². The molecular weight excluding hydrogens is 332 g/mol. The van der Waals surface area contributed by atoms with E-state index in [1.807, 2.05) is 18.2 Å². The number of hydrogen-bond donors (Lipinski definition) is 1. The molecule has 1 aliphatic heterocycles. The van der Waals surface area contributed by atoms with Crippen LogP contribution in [0.1, 0.15) is 110 Å². The lowest BCUT2D eigenvalue weighted by atomic mass is 10.0. The molecule has 1 rings (SSSR count). The molecule has 0 aromatic rings. The van der Waals surface area contributed by atoms with Crippen LogP contribution in [-0.2, 0) is 4.79 Å². The fraction of sp³-hybridized carbons (Fsp3) is 0.792. The Kier molecular flexibility index (Phi) is 16.0. The standard InChI is InChI=1S/C24H44N2O/c1-2-3-4-5-6-7-8-9-10-11-12-13-14-15-16-18-21-26-22-19-17-20-24(26)25-23-27/h17,19-20,22-24H,2-16,18,21H2,1H3,(H,25,27). The van der Waals surface area contributed by atoms with Crippen molar-refractivity contribution in [3.05, 3.63) is 24.4 Å². The Balaban J connectivity index is 1.80. The summed E-state index contributed by atoms with van der Waals surface area (Å²) in [6.07, 6.45) is 31.3. The van der Waals surface area contributed by atoms with E-state index >= 15 is 0 Å². The van der Waals surface area contributed by atoms with Crippen LogP contribution in [0.15, 0.2) is 24.4 Å². The predicted molar refractivity (Wildman–Crippen MR) is 118 cm³/mol. The zero-order valence-corrected chi connectivity index (χ0v) is 17.8. The van der Waals surface area contributed by atoms with Crippen LogP contribution in [0.5, 0.6) is 0 Å². The third-order valence-electron chi connectivity index (χ3n) is 5.55. The molecule has 0 spiro atoms. The molecule has 0 aromatic heterocycles. The number of carbonyl (C=O) groups is 1. The van der Waals surface area contributed by atoms with Gasteiger partial charge in [0.25, 0.3) is 0 Å². The molecule has 1 aliphatic rings. The number of nitrogens with one attached hydrogen (secondary N) is 1. The number of rotatable bonds is 19. The highest BCUT2D eigenvalue weighted by atomic mass is 16.1. The molecule has 0 bridgehead atoms. The SMILES string of the molecule is CCCCCCCCCCCCCCCCCCN1C=CC=CC1NC=O. The molecule has 3 nitrogen and oxygen atoms in total. The molecule has 1 unspecified atom stereocenters. The average molecular weight is 377 g/mol. The molecule has 0 saturated carbocycles. The summed E-state index contributed by atoms with van der Waals surface area (Å²) in [5.74, 6) is 0. The van der Waals surface area contributed by atoms with Gasteiger partial charge in [0.2, 0.25) is 6.41 Å². The minimum atomic E-state index is 0.0313. The summed E-state index contributed by atoms with van der Waals surface area (Å²) in [6, 6.07) is 0. The Hall–Kier alpha value is -1.25. The first kappa shape index (κ1) is 23.8. The van der Waals surface area contributed by atoms with E-state index in [1.165, 1.54) is 103 Å². The van der Waals surface area contributed by atoms with E-state index in [1.54, 1.807) is 0 Å². The monoisotopic (exact) mass is 376 g/mol. The number of amides is 1. The molecule has 0 radical (unpaired) electrons. The van der Waals surface area contributed by atoms with Crippen LogP contribution in [0, 0.1) is 0 Å². The first-order chi connectivity index (χ1) is 13.4. The Morgan fingerprint density at radius 2 is 1.22 bits per heavy atom. The maximum atomic E-state index is 10.6. The summed E-state index contributed by atoms with van der Waals surface area (Å²) in [7, 11) is 0. The van der Waals surface area contributed by atoms with E-state index in [0.717, 1.165) is 13.0 Å². The van der Waals surface area contributed by atoms with Crippen LogP contribution in [-0.4, -0.2) is 24.0 Å². The smallest absolute Gasteiger partial charge is 0.208 e. The van der Waals surface area contributed by atoms with Crippen molar-refractivity contribution >= 4 is 6.41 Å². The van der Waals surface area contributed by atoms with Gasteiger partial charge < -0.3 is 10.2 Å². The fourth-order valence-electron chi connectivity index (χ4n) is 3.81. The van der Waals surface area contributed by atoms with Crippen molar-refractivity contribution < 1.29 is 4.79 Å². The number of hydrogen-bond acceptors (Lipinski definition) is 2. The van der Waals surface area contributed by atoms with E-state index in [0.29, 0.717) is 0 Å². The lowest BCUT2D eigenvalue weighted by Gasteiger charge is -2.29. The van der Waals surface area contributed by atoms with Crippen molar-refractivity contribution in [1.29, 1.82) is 0 Å². The van der Waals surface area contributed by atoms with Crippen molar-refractivity contribution in [3.63, 3.8) is 0 Å². The zero-order valence-electron chi connectivity index (χ0n) is 17.8. The second-order valence-electron chi connectivity index (χ2n) is 8.00. The lowest BCUT2D eigenvalue weighted by Crippen LogP contribution is -2.42. The van der Waals surface area contributed by atoms with Crippen LogP contribution in [0.3, 0.4) is 0 Å². The summed E-state index contributed by atoms with van der Waals surface area (Å²) in [5.41, 5.74) is 0. The molecule has 0 aliphatic carbocycles. The highest BCUT2D eigenvalue weighted by molar-refractivity contribution is 5.47. The third kappa shape index (κ3) is 13.5. The van der Waals surface area contributed by atoms with Crippen molar-refractivity contribution in [2.75, 3.05) is 6.54 Å². The van der Waals surface area contributed by atoms with Crippen LogP contribution in [0.4, 0.5) is 0 Å². The molecule has 156 valence electrons. The van der Waals surface area contributed by atoms with Gasteiger partial charge >= 0.3 is 0 Å². The van der Waals surface area contributed by atoms with E-state index in [-0.39, 0.29) is 6.17 Å². The topological polar surface area (TPSA) is 32.3 Å². The quantitative estimate of drug-likeness (QED) is 0.201. The molecule has 1 atom stereocenters. The van der Waals surface area contributed by atoms with Gasteiger partial charge in [0.1, 0.15) is 6.17 Å². The van der Waals surface area contributed by atoms with Gasteiger partial charge in [0, 0.05) is 12.7 Å². The molecule has 0 aromatic carbocycles. The third-order valence-corrected chi connectivity index (χ3v) is 5.55. The van der Waals surface area contributed by atoms with Crippen molar-refractivity contribution in [1.82, 2.24) is 10.2 Å². The lowest BCUT2D eigenvalue weighted by molar-refractivity contribution is -0.110. The van der Waals surface area contributed by atoms with Gasteiger partial charge in [0.05, 0.1) is 0 Å². The van der Waals surface area contributed by atoms with Crippen LogP contribution in [0.25, 0.3) is 0 Å². The minimum Gasteiger partial charge on any atom is -0.354 e. The van der Waals surface area contributed by atoms with Gasteiger partial charge in [-0.05, 0) is 18.6 Å². The maximum absolute atomic E-state index is 10.6. The Bertz CT molecular complexity index is 392. The van der Waals surface area contributed by atoms with E-state index < -0.39 is 0 Å². The van der Waals surface area contributed by atoms with Gasteiger partial charge in [-0.25, -0.2) is 0 Å². The number of unbranched alkanes of at least 4 members (excludes halogenated alkanes) is 15. The van der Waals surface area contributed by atoms with Gasteiger partial charge in [0.15, 0.2) is 0 Å². The number of nitrogens with zero attached hydrogens (tertiary/aromatic N) is 1. The molecule has 0 fully saturated rings. The van der Waals surface area contributed by atoms with Crippen molar-refractivity contribution in [3.8, 4) is 0 Å². The predicted octanol–water partition coefficient (Wildman–Crippen LogP) is 6.71. The van der Waals surface area contributed by atoms with E-state index in [9.17, 15) is 4.79 Å². The summed E-state index contributed by atoms with van der Waals surface area (Å²) < 4.78 is 0. The Morgan fingerprint density at radius 1 is 0.741 bits per heavy atom.